The lowest BCUT2D eigenvalue weighted by Gasteiger charge is -2.24. The molecule has 178 valence electrons. The number of anilines is 1. The summed E-state index contributed by atoms with van der Waals surface area (Å²) in [4.78, 5) is 12.7. The van der Waals surface area contributed by atoms with Gasteiger partial charge >= 0.3 is 0 Å². The Morgan fingerprint density at radius 2 is 1.76 bits per heavy atom. The van der Waals surface area contributed by atoms with E-state index in [1.54, 1.807) is 42.5 Å². The minimum atomic E-state index is -4.11. The van der Waals surface area contributed by atoms with E-state index in [1.807, 2.05) is 6.92 Å². The molecule has 3 aromatic carbocycles. The minimum absolute atomic E-state index is 0.0140. The summed E-state index contributed by atoms with van der Waals surface area (Å²) in [6, 6.07) is 16.1. The molecule has 3 aromatic rings. The first-order chi connectivity index (χ1) is 16.1. The number of nitrogens with zero attached hydrogens (tertiary/aromatic N) is 2. The lowest BCUT2D eigenvalue weighted by atomic mass is 10.2. The van der Waals surface area contributed by atoms with Crippen molar-refractivity contribution in [1.29, 1.82) is 0 Å². The van der Waals surface area contributed by atoms with Gasteiger partial charge in [0.1, 0.15) is 12.3 Å². The summed E-state index contributed by atoms with van der Waals surface area (Å²) < 4.78 is 33.7. The van der Waals surface area contributed by atoms with Crippen LogP contribution in [0.5, 0.6) is 5.75 Å². The topological polar surface area (TPSA) is 88.1 Å². The molecule has 7 nitrogen and oxygen atoms in total. The number of nitrogens with one attached hydrogen (secondary N) is 1. The molecule has 11 heteroatoms. The van der Waals surface area contributed by atoms with E-state index in [0.717, 1.165) is 9.87 Å². The lowest BCUT2D eigenvalue weighted by molar-refractivity contribution is -0.119. The average molecular weight is 585 g/mol. The van der Waals surface area contributed by atoms with E-state index in [9.17, 15) is 13.2 Å². The summed E-state index contributed by atoms with van der Waals surface area (Å²) in [6.45, 7) is 1.37. The SMILES string of the molecule is COc1ccc(S(=O)(=O)N(CC(=O)N/N=C/c2c(Cl)cccc2Cl)c2ccc(C)cc2)cc1Br. The molecule has 0 aliphatic heterocycles. The molecule has 3 rings (SSSR count). The molecule has 0 atom stereocenters. The Morgan fingerprint density at radius 3 is 2.35 bits per heavy atom. The number of methoxy groups -OCH3 is 1. The molecule has 1 N–H and O–H groups in total. The zero-order valence-corrected chi connectivity index (χ0v) is 22.0. The lowest BCUT2D eigenvalue weighted by Crippen LogP contribution is -2.39. The molecule has 0 radical (unpaired) electrons. The molecule has 0 saturated carbocycles. The first-order valence-corrected chi connectivity index (χ1v) is 12.8. The van der Waals surface area contributed by atoms with Crippen LogP contribution in [-0.4, -0.2) is 34.2 Å². The summed E-state index contributed by atoms with van der Waals surface area (Å²) in [6.07, 6.45) is 1.30. The van der Waals surface area contributed by atoms with Gasteiger partial charge in [-0.1, -0.05) is 47.0 Å². The number of hydrogen-bond donors (Lipinski definition) is 1. The highest BCUT2D eigenvalue weighted by Crippen LogP contribution is 2.30. The molecule has 0 unspecified atom stereocenters. The fourth-order valence-electron chi connectivity index (χ4n) is 2.93. The van der Waals surface area contributed by atoms with Gasteiger partial charge in [-0.25, -0.2) is 13.8 Å². The Kier molecular flexibility index (Phi) is 8.59. The number of aryl methyl sites for hydroxylation is 1. The second kappa shape index (κ2) is 11.2. The normalized spacial score (nSPS) is 11.4. The van der Waals surface area contributed by atoms with Crippen molar-refractivity contribution in [2.24, 2.45) is 5.10 Å². The first-order valence-electron chi connectivity index (χ1n) is 9.82. The molecule has 0 spiro atoms. The van der Waals surface area contributed by atoms with E-state index in [4.69, 9.17) is 27.9 Å². The number of halogens is 3. The van der Waals surface area contributed by atoms with Crippen molar-refractivity contribution in [2.45, 2.75) is 11.8 Å². The minimum Gasteiger partial charge on any atom is -0.496 e. The smallest absolute Gasteiger partial charge is 0.264 e. The maximum atomic E-state index is 13.5. The summed E-state index contributed by atoms with van der Waals surface area (Å²) >= 11 is 15.5. The van der Waals surface area contributed by atoms with Crippen LogP contribution in [0.3, 0.4) is 0 Å². The number of carbonyl (C=O) groups is 1. The number of sulfonamides is 1. The van der Waals surface area contributed by atoms with Crippen molar-refractivity contribution in [3.8, 4) is 5.75 Å². The van der Waals surface area contributed by atoms with Crippen LogP contribution in [-0.2, 0) is 14.8 Å². The maximum Gasteiger partial charge on any atom is 0.264 e. The van der Waals surface area contributed by atoms with Gasteiger partial charge in [-0.05, 0) is 65.3 Å². The maximum absolute atomic E-state index is 13.5. The molecule has 0 aliphatic rings. The van der Waals surface area contributed by atoms with Crippen LogP contribution in [0.4, 0.5) is 5.69 Å². The fourth-order valence-corrected chi connectivity index (χ4v) is 5.56. The zero-order chi connectivity index (χ0) is 24.9. The monoisotopic (exact) mass is 583 g/mol. The number of carbonyl (C=O) groups excluding carboxylic acids is 1. The third-order valence-corrected chi connectivity index (χ3v) is 7.75. The van der Waals surface area contributed by atoms with E-state index in [-0.39, 0.29) is 4.90 Å². The predicted molar refractivity (Wildman–Crippen MR) is 139 cm³/mol. The largest absolute Gasteiger partial charge is 0.496 e. The van der Waals surface area contributed by atoms with E-state index in [2.05, 4.69) is 26.5 Å². The van der Waals surface area contributed by atoms with Gasteiger partial charge in [0.25, 0.3) is 15.9 Å². The Bertz CT molecular complexity index is 1310. The predicted octanol–water partition coefficient (Wildman–Crippen LogP) is 5.42. The second-order valence-electron chi connectivity index (χ2n) is 7.07. The Balaban J connectivity index is 1.89. The highest BCUT2D eigenvalue weighted by atomic mass is 79.9. The number of amides is 1. The van der Waals surface area contributed by atoms with Crippen LogP contribution in [0.25, 0.3) is 0 Å². The van der Waals surface area contributed by atoms with Gasteiger partial charge in [-0.3, -0.25) is 9.10 Å². The molecule has 34 heavy (non-hydrogen) atoms. The fraction of sp³-hybridized carbons (Fsp3) is 0.130. The number of hydrogen-bond acceptors (Lipinski definition) is 5. The van der Waals surface area contributed by atoms with Crippen molar-refractivity contribution in [2.75, 3.05) is 18.0 Å². The molecule has 0 bridgehead atoms. The number of hydrazone groups is 1. The quantitative estimate of drug-likeness (QED) is 0.283. The van der Waals surface area contributed by atoms with E-state index in [1.165, 1.54) is 31.5 Å². The van der Waals surface area contributed by atoms with Crippen LogP contribution >= 0.6 is 39.1 Å². The van der Waals surface area contributed by atoms with Crippen LogP contribution < -0.4 is 14.5 Å². The molecular formula is C23H20BrCl2N3O4S. The van der Waals surface area contributed by atoms with E-state index < -0.39 is 22.5 Å². The van der Waals surface area contributed by atoms with Crippen molar-refractivity contribution in [3.63, 3.8) is 0 Å². The third-order valence-electron chi connectivity index (χ3n) is 4.70. The Labute approximate surface area is 216 Å². The molecule has 0 aliphatic carbocycles. The zero-order valence-electron chi connectivity index (χ0n) is 18.1. The highest BCUT2D eigenvalue weighted by Gasteiger charge is 2.28. The van der Waals surface area contributed by atoms with Gasteiger partial charge in [-0.2, -0.15) is 5.10 Å². The van der Waals surface area contributed by atoms with Crippen molar-refractivity contribution >= 4 is 67.0 Å². The van der Waals surface area contributed by atoms with Gasteiger partial charge in [0.15, 0.2) is 0 Å². The van der Waals surface area contributed by atoms with E-state index in [0.29, 0.717) is 31.5 Å². The van der Waals surface area contributed by atoms with Crippen molar-refractivity contribution in [3.05, 3.63) is 86.3 Å². The summed E-state index contributed by atoms with van der Waals surface area (Å²) in [5.74, 6) is -0.178. The summed E-state index contributed by atoms with van der Waals surface area (Å²) in [5.41, 5.74) is 4.02. The third kappa shape index (κ3) is 6.09. The molecule has 0 fully saturated rings. The average Bonchev–Trinajstić information content (AvgIpc) is 2.80. The van der Waals surface area contributed by atoms with Gasteiger partial charge in [0.05, 0.1) is 38.4 Å². The Hall–Kier alpha value is -2.59. The van der Waals surface area contributed by atoms with Crippen LogP contribution in [0.15, 0.2) is 75.1 Å². The molecule has 0 aromatic heterocycles. The van der Waals surface area contributed by atoms with Gasteiger partial charge in [0.2, 0.25) is 0 Å². The van der Waals surface area contributed by atoms with Gasteiger partial charge < -0.3 is 4.74 Å². The molecule has 0 saturated heterocycles. The summed E-state index contributed by atoms with van der Waals surface area (Å²) in [7, 11) is -2.63. The highest BCUT2D eigenvalue weighted by molar-refractivity contribution is 9.10. The van der Waals surface area contributed by atoms with Crippen LogP contribution in [0.2, 0.25) is 10.0 Å². The van der Waals surface area contributed by atoms with Gasteiger partial charge in [0, 0.05) is 5.56 Å². The standard InChI is InChI=1S/C23H20BrCl2N3O4S/c1-15-6-8-16(9-7-15)29(34(31,32)17-10-11-22(33-2)19(24)12-17)14-23(30)28-27-13-18-20(25)4-3-5-21(18)26/h3-13H,14H2,1-2H3,(H,28,30)/b27-13+. The first kappa shape index (κ1) is 26.0. The number of rotatable bonds is 8. The van der Waals surface area contributed by atoms with Crippen molar-refractivity contribution in [1.82, 2.24) is 5.43 Å². The summed E-state index contributed by atoms with van der Waals surface area (Å²) in [5, 5.41) is 4.60. The number of ether oxygens (including phenoxy) is 1. The second-order valence-corrected chi connectivity index (χ2v) is 10.6. The van der Waals surface area contributed by atoms with Crippen molar-refractivity contribution < 1.29 is 17.9 Å². The number of benzene rings is 3. The molecule has 0 heterocycles. The van der Waals surface area contributed by atoms with Gasteiger partial charge in [-0.15, -0.1) is 0 Å². The Morgan fingerprint density at radius 1 is 1.12 bits per heavy atom. The molecule has 1 amide bonds. The van der Waals surface area contributed by atoms with E-state index >= 15 is 0 Å². The molecular weight excluding hydrogens is 565 g/mol. The van der Waals surface area contributed by atoms with Crippen LogP contribution in [0, 0.1) is 6.92 Å². The van der Waals surface area contributed by atoms with Crippen LogP contribution in [0.1, 0.15) is 11.1 Å².